The molecule has 2 N–H and O–H groups in total. The van der Waals surface area contributed by atoms with Crippen LogP contribution in [0.15, 0.2) is 11.6 Å². The number of nitrogens with zero attached hydrogens (tertiary/aromatic N) is 2. The maximum Gasteiger partial charge on any atom is 0.243 e. The predicted octanol–water partition coefficient (Wildman–Crippen LogP) is 1.32. The van der Waals surface area contributed by atoms with Crippen LogP contribution in [0.4, 0.5) is 5.13 Å². The SMILES string of the molecule is O=C(Nc1nccs1)C1CCCN1CCCCO. The average molecular weight is 269 g/mol. The quantitative estimate of drug-likeness (QED) is 0.764. The number of anilines is 1. The number of unbranched alkanes of at least 4 members (excludes halogenated alkanes) is 1. The van der Waals surface area contributed by atoms with Crippen molar-refractivity contribution in [1.82, 2.24) is 9.88 Å². The van der Waals surface area contributed by atoms with Gasteiger partial charge in [0.05, 0.1) is 6.04 Å². The van der Waals surface area contributed by atoms with Crippen LogP contribution in [-0.2, 0) is 4.79 Å². The van der Waals surface area contributed by atoms with E-state index in [0.29, 0.717) is 5.13 Å². The van der Waals surface area contributed by atoms with Gasteiger partial charge in [-0.05, 0) is 38.8 Å². The van der Waals surface area contributed by atoms with Crippen LogP contribution in [0.3, 0.4) is 0 Å². The molecule has 1 aromatic rings. The first-order valence-electron chi connectivity index (χ1n) is 6.36. The lowest BCUT2D eigenvalue weighted by molar-refractivity contribution is -0.120. The molecule has 0 spiro atoms. The summed E-state index contributed by atoms with van der Waals surface area (Å²) >= 11 is 1.44. The highest BCUT2D eigenvalue weighted by Crippen LogP contribution is 2.20. The molecule has 18 heavy (non-hydrogen) atoms. The maximum absolute atomic E-state index is 12.1. The van der Waals surface area contributed by atoms with E-state index >= 15 is 0 Å². The van der Waals surface area contributed by atoms with Gasteiger partial charge in [0.2, 0.25) is 5.91 Å². The monoisotopic (exact) mass is 269 g/mol. The van der Waals surface area contributed by atoms with E-state index < -0.39 is 0 Å². The van der Waals surface area contributed by atoms with Crippen LogP contribution in [0.2, 0.25) is 0 Å². The summed E-state index contributed by atoms with van der Waals surface area (Å²) in [7, 11) is 0. The van der Waals surface area contributed by atoms with Gasteiger partial charge in [-0.3, -0.25) is 9.69 Å². The molecule has 1 atom stereocenters. The minimum Gasteiger partial charge on any atom is -0.396 e. The third-order valence-electron chi connectivity index (χ3n) is 3.18. The summed E-state index contributed by atoms with van der Waals surface area (Å²) in [5.41, 5.74) is 0. The zero-order valence-corrected chi connectivity index (χ0v) is 11.2. The number of hydrogen-bond acceptors (Lipinski definition) is 5. The third-order valence-corrected chi connectivity index (χ3v) is 3.87. The van der Waals surface area contributed by atoms with Crippen molar-refractivity contribution in [3.05, 3.63) is 11.6 Å². The van der Waals surface area contributed by atoms with Crippen LogP contribution >= 0.6 is 11.3 Å². The van der Waals surface area contributed by atoms with Crippen molar-refractivity contribution in [2.24, 2.45) is 0 Å². The molecule has 0 aliphatic carbocycles. The van der Waals surface area contributed by atoms with E-state index in [9.17, 15) is 4.79 Å². The molecule has 6 heteroatoms. The number of rotatable bonds is 6. The fourth-order valence-electron chi connectivity index (χ4n) is 2.29. The Morgan fingerprint density at radius 1 is 1.61 bits per heavy atom. The smallest absolute Gasteiger partial charge is 0.243 e. The molecular formula is C12H19N3O2S. The number of amides is 1. The highest BCUT2D eigenvalue weighted by atomic mass is 32.1. The summed E-state index contributed by atoms with van der Waals surface area (Å²) in [6.45, 7) is 2.09. The molecule has 1 aliphatic heterocycles. The molecular weight excluding hydrogens is 250 g/mol. The fourth-order valence-corrected chi connectivity index (χ4v) is 2.82. The van der Waals surface area contributed by atoms with E-state index in [4.69, 9.17) is 5.11 Å². The van der Waals surface area contributed by atoms with Crippen molar-refractivity contribution < 1.29 is 9.90 Å². The van der Waals surface area contributed by atoms with Gasteiger partial charge in [0, 0.05) is 18.2 Å². The number of aromatic nitrogens is 1. The second-order valence-electron chi connectivity index (χ2n) is 4.45. The van der Waals surface area contributed by atoms with Gasteiger partial charge >= 0.3 is 0 Å². The van der Waals surface area contributed by atoms with Gasteiger partial charge in [-0.1, -0.05) is 0 Å². The highest BCUT2D eigenvalue weighted by molar-refractivity contribution is 7.13. The summed E-state index contributed by atoms with van der Waals surface area (Å²) in [6.07, 6.45) is 5.41. The van der Waals surface area contributed by atoms with Crippen molar-refractivity contribution in [2.45, 2.75) is 31.7 Å². The van der Waals surface area contributed by atoms with Crippen molar-refractivity contribution in [3.8, 4) is 0 Å². The molecule has 5 nitrogen and oxygen atoms in total. The van der Waals surface area contributed by atoms with Gasteiger partial charge in [-0.15, -0.1) is 11.3 Å². The number of carbonyl (C=O) groups is 1. The number of thiazole rings is 1. The highest BCUT2D eigenvalue weighted by Gasteiger charge is 2.30. The van der Waals surface area contributed by atoms with Gasteiger partial charge in [0.15, 0.2) is 5.13 Å². The van der Waals surface area contributed by atoms with Crippen LogP contribution in [0.5, 0.6) is 0 Å². The Hall–Kier alpha value is -0.980. The van der Waals surface area contributed by atoms with Crippen molar-refractivity contribution in [3.63, 3.8) is 0 Å². The Balaban J connectivity index is 1.84. The summed E-state index contributed by atoms with van der Waals surface area (Å²) < 4.78 is 0. The number of hydrogen-bond donors (Lipinski definition) is 2. The molecule has 1 unspecified atom stereocenters. The Morgan fingerprint density at radius 3 is 3.22 bits per heavy atom. The Morgan fingerprint density at radius 2 is 2.50 bits per heavy atom. The molecule has 1 aliphatic rings. The lowest BCUT2D eigenvalue weighted by Gasteiger charge is -2.22. The van der Waals surface area contributed by atoms with E-state index in [2.05, 4.69) is 15.2 Å². The lowest BCUT2D eigenvalue weighted by atomic mass is 10.2. The van der Waals surface area contributed by atoms with E-state index in [1.807, 2.05) is 5.38 Å². The number of carbonyl (C=O) groups excluding carboxylic acids is 1. The minimum absolute atomic E-state index is 0.0346. The minimum atomic E-state index is -0.0346. The van der Waals surface area contributed by atoms with Crippen molar-refractivity contribution in [2.75, 3.05) is 25.0 Å². The predicted molar refractivity (Wildman–Crippen MR) is 71.7 cm³/mol. The summed E-state index contributed by atoms with van der Waals surface area (Å²) in [5, 5.41) is 14.2. The number of aliphatic hydroxyl groups excluding tert-OH is 1. The Labute approximate surface area is 111 Å². The molecule has 0 bridgehead atoms. The number of nitrogens with one attached hydrogen (secondary N) is 1. The number of likely N-dealkylation sites (tertiary alicyclic amines) is 1. The third kappa shape index (κ3) is 3.51. The van der Waals surface area contributed by atoms with E-state index in [1.165, 1.54) is 11.3 Å². The largest absolute Gasteiger partial charge is 0.396 e. The molecule has 0 radical (unpaired) electrons. The van der Waals surface area contributed by atoms with Gasteiger partial charge in [0.1, 0.15) is 0 Å². The molecule has 0 aromatic carbocycles. The lowest BCUT2D eigenvalue weighted by Crippen LogP contribution is -2.40. The average Bonchev–Trinajstić information content (AvgIpc) is 3.00. The molecule has 2 heterocycles. The topological polar surface area (TPSA) is 65.5 Å². The molecule has 1 amide bonds. The molecule has 100 valence electrons. The van der Waals surface area contributed by atoms with E-state index in [0.717, 1.165) is 38.8 Å². The second kappa shape index (κ2) is 6.82. The van der Waals surface area contributed by atoms with Gasteiger partial charge in [-0.25, -0.2) is 4.98 Å². The van der Waals surface area contributed by atoms with E-state index in [-0.39, 0.29) is 18.6 Å². The molecule has 1 fully saturated rings. The van der Waals surface area contributed by atoms with Crippen LogP contribution in [0, 0.1) is 0 Å². The zero-order chi connectivity index (χ0) is 12.8. The second-order valence-corrected chi connectivity index (χ2v) is 5.35. The maximum atomic E-state index is 12.1. The van der Waals surface area contributed by atoms with Crippen LogP contribution < -0.4 is 5.32 Å². The fraction of sp³-hybridized carbons (Fsp3) is 0.667. The molecule has 0 saturated carbocycles. The van der Waals surface area contributed by atoms with Crippen LogP contribution in [0.25, 0.3) is 0 Å². The van der Waals surface area contributed by atoms with Crippen molar-refractivity contribution in [1.29, 1.82) is 0 Å². The number of aliphatic hydroxyl groups is 1. The van der Waals surface area contributed by atoms with Crippen molar-refractivity contribution >= 4 is 22.4 Å². The molecule has 2 rings (SSSR count). The van der Waals surface area contributed by atoms with E-state index in [1.54, 1.807) is 6.20 Å². The van der Waals surface area contributed by atoms with Gasteiger partial charge in [0.25, 0.3) is 0 Å². The van der Waals surface area contributed by atoms with Crippen LogP contribution in [-0.4, -0.2) is 46.6 Å². The van der Waals surface area contributed by atoms with Gasteiger partial charge < -0.3 is 10.4 Å². The summed E-state index contributed by atoms with van der Waals surface area (Å²) in [5.74, 6) is 0.0476. The van der Waals surface area contributed by atoms with Crippen LogP contribution in [0.1, 0.15) is 25.7 Å². The standard InChI is InChI=1S/C12H19N3O2S/c16-8-2-1-6-15-7-3-4-10(15)11(17)14-12-13-5-9-18-12/h5,9-10,16H,1-4,6-8H2,(H,13,14,17). The Bertz CT molecular complexity index is 369. The first kappa shape index (κ1) is 13.5. The summed E-state index contributed by atoms with van der Waals surface area (Å²) in [6, 6.07) is -0.0346. The normalized spacial score (nSPS) is 20.2. The first-order valence-corrected chi connectivity index (χ1v) is 7.24. The molecule has 1 aromatic heterocycles. The van der Waals surface area contributed by atoms with Gasteiger partial charge in [-0.2, -0.15) is 0 Å². The Kier molecular flexibility index (Phi) is 5.10. The first-order chi connectivity index (χ1) is 8.81. The molecule has 1 saturated heterocycles. The summed E-state index contributed by atoms with van der Waals surface area (Å²) in [4.78, 5) is 18.4. The zero-order valence-electron chi connectivity index (χ0n) is 10.3.